The topological polar surface area (TPSA) is 135 Å². The molecule has 2 rings (SSSR count). The zero-order valence-electron chi connectivity index (χ0n) is 17.9. The fraction of sp³-hybridized carbons (Fsp3) is 0.500. The van der Waals surface area contributed by atoms with Gasteiger partial charge in [0.25, 0.3) is 0 Å². The van der Waals surface area contributed by atoms with Crippen LogP contribution in [0.4, 0.5) is 0 Å². The summed E-state index contributed by atoms with van der Waals surface area (Å²) < 4.78 is 23.1. The van der Waals surface area contributed by atoms with Crippen molar-refractivity contribution in [1.82, 2.24) is 0 Å². The van der Waals surface area contributed by atoms with Gasteiger partial charge in [0.05, 0.1) is 0 Å². The molecule has 0 bridgehead atoms. The Bertz CT molecular complexity index is 801. The number of hydrogen-bond acceptors (Lipinski definition) is 11. The minimum absolute atomic E-state index is 0.401. The van der Waals surface area contributed by atoms with Crippen LogP contribution in [-0.4, -0.2) is 80.7 Å². The van der Waals surface area contributed by atoms with E-state index in [1.54, 1.807) is 0 Å². The van der Waals surface area contributed by atoms with Gasteiger partial charge in [-0.1, -0.05) is 18.2 Å². The maximum atomic E-state index is 11.4. The number of thiol groups is 1. The molecule has 1 N–H and O–H groups in total. The molecule has 1 radical (unpaired) electrons. The molecular formula is C20H25O10SSe. The fourth-order valence-electron chi connectivity index (χ4n) is 2.67. The van der Waals surface area contributed by atoms with Crippen LogP contribution in [0.1, 0.15) is 27.7 Å². The Balaban J connectivity index is 0.000000616. The third-order valence-corrected chi connectivity index (χ3v) is 4.76. The Morgan fingerprint density at radius 2 is 1.44 bits per heavy atom. The summed E-state index contributed by atoms with van der Waals surface area (Å²) in [6, 6.07) is 9.79. The number of benzene rings is 1. The molecule has 177 valence electrons. The second kappa shape index (κ2) is 12.8. The number of carbonyl (C=O) groups excluding carboxylic acids is 4. The van der Waals surface area contributed by atoms with Crippen LogP contribution in [0.3, 0.4) is 0 Å². The number of ether oxygens (including phenoxy) is 5. The molecule has 0 unspecified atom stereocenters. The van der Waals surface area contributed by atoms with Crippen molar-refractivity contribution >= 4 is 52.5 Å². The van der Waals surface area contributed by atoms with E-state index in [4.69, 9.17) is 23.7 Å². The summed E-state index contributed by atoms with van der Waals surface area (Å²) >= 11 is 6.37. The molecule has 1 saturated heterocycles. The van der Waals surface area contributed by atoms with E-state index in [9.17, 15) is 24.3 Å². The van der Waals surface area contributed by atoms with E-state index in [2.05, 4.69) is 28.6 Å². The molecular weight excluding hydrogens is 511 g/mol. The number of carbonyl (C=O) groups is 4. The molecule has 1 aliphatic rings. The summed E-state index contributed by atoms with van der Waals surface area (Å²) in [6.45, 7) is 4.02. The normalized spacial score (nSPS) is 26.6. The molecule has 0 amide bonds. The number of hydrogen-bond donors (Lipinski definition) is 2. The smallest absolute Gasteiger partial charge is 0.00399 e. The van der Waals surface area contributed by atoms with Crippen molar-refractivity contribution in [2.45, 2.75) is 61.7 Å². The standard InChI is InChI=1S/C14H19O10Se.C6H6S/c1-6(15)20-5-10-11(21-7(2)16)12(22-8(3)17)13(23-9(4)18)14(19,25)24-10;7-6-4-2-1-3-5-6/h10-13,19H,5H2,1-4H3;1-5,7H/t10-,11-,12+,13+,14-;/m1./s1. The van der Waals surface area contributed by atoms with Crippen LogP contribution in [0.5, 0.6) is 0 Å². The third-order valence-electron chi connectivity index (χ3n) is 3.77. The van der Waals surface area contributed by atoms with Gasteiger partial charge in [0.1, 0.15) is 0 Å². The molecule has 10 nitrogen and oxygen atoms in total. The van der Waals surface area contributed by atoms with Gasteiger partial charge in [-0.25, -0.2) is 0 Å². The Morgan fingerprint density at radius 3 is 1.84 bits per heavy atom. The quantitative estimate of drug-likeness (QED) is 0.238. The number of aliphatic hydroxyl groups is 1. The molecule has 0 aromatic heterocycles. The largest absolute Gasteiger partial charge is 0.143 e. The van der Waals surface area contributed by atoms with E-state index < -0.39 is 59.6 Å². The average Bonchev–Trinajstić information content (AvgIpc) is 2.65. The van der Waals surface area contributed by atoms with Gasteiger partial charge in [-0.2, -0.15) is 0 Å². The van der Waals surface area contributed by atoms with Crippen LogP contribution >= 0.6 is 12.6 Å². The van der Waals surface area contributed by atoms with Crippen LogP contribution in [0.25, 0.3) is 0 Å². The molecule has 0 saturated carbocycles. The number of rotatable bonds is 5. The van der Waals surface area contributed by atoms with Gasteiger partial charge >= 0.3 is 151 Å². The van der Waals surface area contributed by atoms with Crippen molar-refractivity contribution in [3.63, 3.8) is 0 Å². The van der Waals surface area contributed by atoms with Crippen LogP contribution in [0.2, 0.25) is 0 Å². The molecule has 32 heavy (non-hydrogen) atoms. The third kappa shape index (κ3) is 9.58. The molecule has 0 spiro atoms. The summed E-state index contributed by atoms with van der Waals surface area (Å²) in [5.41, 5.74) is 0. The van der Waals surface area contributed by atoms with Crippen molar-refractivity contribution in [3.05, 3.63) is 30.3 Å². The van der Waals surface area contributed by atoms with Gasteiger partial charge in [-0.3, -0.25) is 0 Å². The Labute approximate surface area is 199 Å². The second-order valence-electron chi connectivity index (χ2n) is 6.60. The fourth-order valence-corrected chi connectivity index (χ4v) is 3.49. The van der Waals surface area contributed by atoms with Crippen LogP contribution in [0.15, 0.2) is 35.2 Å². The first kappa shape index (κ1) is 27.9. The van der Waals surface area contributed by atoms with Gasteiger partial charge in [0.2, 0.25) is 0 Å². The van der Waals surface area contributed by atoms with Crippen molar-refractivity contribution in [1.29, 1.82) is 0 Å². The van der Waals surface area contributed by atoms with E-state index >= 15 is 0 Å². The molecule has 0 aliphatic carbocycles. The summed E-state index contributed by atoms with van der Waals surface area (Å²) in [5, 5.41) is 10.4. The maximum Gasteiger partial charge on any atom is 0.00399 e. The maximum absolute atomic E-state index is 11.4. The van der Waals surface area contributed by atoms with Crippen LogP contribution < -0.4 is 0 Å². The Morgan fingerprint density at radius 1 is 0.938 bits per heavy atom. The van der Waals surface area contributed by atoms with E-state index in [-0.39, 0.29) is 0 Å². The van der Waals surface area contributed by atoms with Gasteiger partial charge in [0, 0.05) is 4.90 Å². The predicted octanol–water partition coefficient (Wildman–Crippen LogP) is 0.533. The molecule has 1 aromatic rings. The van der Waals surface area contributed by atoms with E-state index in [1.165, 1.54) is 0 Å². The van der Waals surface area contributed by atoms with Gasteiger partial charge in [-0.05, 0) is 12.1 Å². The van der Waals surface area contributed by atoms with E-state index in [0.717, 1.165) is 32.6 Å². The van der Waals surface area contributed by atoms with Crippen molar-refractivity contribution in [2.24, 2.45) is 0 Å². The minimum Gasteiger partial charge on any atom is -0.143 e. The predicted molar refractivity (Wildman–Crippen MR) is 113 cm³/mol. The second-order valence-corrected chi connectivity index (χ2v) is 8.35. The summed E-state index contributed by atoms with van der Waals surface area (Å²) in [6.07, 6.45) is -5.40. The van der Waals surface area contributed by atoms with Crippen molar-refractivity contribution < 1.29 is 48.0 Å². The molecule has 1 aliphatic heterocycles. The first-order valence-corrected chi connectivity index (χ1v) is 10.6. The van der Waals surface area contributed by atoms with Crippen molar-refractivity contribution in [3.8, 4) is 0 Å². The van der Waals surface area contributed by atoms with E-state index in [1.807, 2.05) is 30.3 Å². The summed E-state index contributed by atoms with van der Waals surface area (Å²) in [4.78, 5) is 46.2. The molecule has 12 heteroatoms. The zero-order valence-corrected chi connectivity index (χ0v) is 20.5. The molecule has 1 heterocycles. The number of esters is 4. The van der Waals surface area contributed by atoms with Gasteiger partial charge in [0.15, 0.2) is 0 Å². The molecule has 1 aromatic carbocycles. The van der Waals surface area contributed by atoms with Gasteiger partial charge in [-0.15, -0.1) is 12.6 Å². The molecule has 1 fully saturated rings. The zero-order chi connectivity index (χ0) is 24.5. The van der Waals surface area contributed by atoms with Crippen LogP contribution in [-0.2, 0) is 42.9 Å². The van der Waals surface area contributed by atoms with Crippen LogP contribution in [0, 0.1) is 0 Å². The SMILES string of the molecule is CC(=O)OC[C@H]1O[C@@](O)([Se])[C@@H](OC(C)=O)[C@@H](OC(C)=O)[C@@H]1OC(C)=O.Sc1ccccc1. The minimum atomic E-state index is -2.22. The first-order chi connectivity index (χ1) is 14.8. The van der Waals surface area contributed by atoms with Gasteiger partial charge < -0.3 is 0 Å². The molecule has 5 atom stereocenters. The monoisotopic (exact) mass is 537 g/mol. The first-order valence-electron chi connectivity index (χ1n) is 9.33. The summed E-state index contributed by atoms with van der Waals surface area (Å²) in [7, 11) is 0. The Hall–Kier alpha value is -2.11. The van der Waals surface area contributed by atoms with E-state index in [0.29, 0.717) is 0 Å². The average molecular weight is 536 g/mol. The van der Waals surface area contributed by atoms with Crippen molar-refractivity contribution in [2.75, 3.05) is 6.61 Å². The summed E-state index contributed by atoms with van der Waals surface area (Å²) in [5.74, 6) is -2.95. The Kier molecular flexibility index (Phi) is 11.2.